The molecule has 176 valence electrons. The van der Waals surface area contributed by atoms with E-state index >= 15 is 0 Å². The minimum Gasteiger partial charge on any atom is -0.279 e. The average Bonchev–Trinajstić information content (AvgIpc) is 2.79. The molecule has 0 aromatic heterocycles. The molecule has 0 radical (unpaired) electrons. The summed E-state index contributed by atoms with van der Waals surface area (Å²) in [4.78, 5) is 20.5. The summed E-state index contributed by atoms with van der Waals surface area (Å²) in [6.45, 7) is 5.25. The van der Waals surface area contributed by atoms with E-state index in [1.165, 1.54) is 30.3 Å². The Kier molecular flexibility index (Phi) is 6.92. The van der Waals surface area contributed by atoms with Crippen LogP contribution in [0.5, 0.6) is 0 Å². The first kappa shape index (κ1) is 24.3. The molecule has 3 rings (SSSR count). The minimum atomic E-state index is -4.22. The second-order valence-electron chi connectivity index (χ2n) is 7.47. The van der Waals surface area contributed by atoms with Crippen molar-refractivity contribution >= 4 is 38.5 Å². The van der Waals surface area contributed by atoms with E-state index in [0.29, 0.717) is 22.5 Å². The van der Waals surface area contributed by atoms with Crippen molar-refractivity contribution in [3.63, 3.8) is 0 Å². The first-order valence-corrected chi connectivity index (χ1v) is 11.4. The quantitative estimate of drug-likeness (QED) is 0.266. The Bertz CT molecular complexity index is 1400. The molecule has 0 aliphatic heterocycles. The molecule has 0 unspecified atom stereocenters. The number of hydrogen-bond acceptors (Lipinski definition) is 8. The predicted octanol–water partition coefficient (Wildman–Crippen LogP) is 4.76. The average molecular weight is 484 g/mol. The number of rotatable bonds is 8. The maximum absolute atomic E-state index is 13.2. The zero-order valence-electron chi connectivity index (χ0n) is 18.5. The van der Waals surface area contributed by atoms with Crippen molar-refractivity contribution in [1.82, 2.24) is 0 Å². The highest BCUT2D eigenvalue weighted by atomic mass is 32.2. The smallest absolute Gasteiger partial charge is 0.270 e. The van der Waals surface area contributed by atoms with Crippen LogP contribution >= 0.6 is 0 Å². The van der Waals surface area contributed by atoms with Crippen molar-refractivity contribution in [1.29, 1.82) is 0 Å². The summed E-state index contributed by atoms with van der Waals surface area (Å²) in [6.07, 6.45) is 0. The summed E-state index contributed by atoms with van der Waals surface area (Å²) in [7, 11) is -4.22. The largest absolute Gasteiger partial charge is 0.279 e. The minimum absolute atomic E-state index is 0.0177. The number of nitro benzene ring substituents is 2. The number of non-ortho nitro benzene ring substituents is 2. The highest BCUT2D eigenvalue weighted by molar-refractivity contribution is 7.92. The van der Waals surface area contributed by atoms with Crippen molar-refractivity contribution in [3.05, 3.63) is 97.6 Å². The molecule has 0 saturated carbocycles. The number of nitrogens with one attached hydrogen (secondary N) is 2. The van der Waals surface area contributed by atoms with Gasteiger partial charge in [0, 0.05) is 24.3 Å². The lowest BCUT2D eigenvalue weighted by atomic mass is 10.1. The van der Waals surface area contributed by atoms with Crippen LogP contribution in [0.1, 0.15) is 23.6 Å². The highest BCUT2D eigenvalue weighted by Crippen LogP contribution is 2.29. The lowest BCUT2D eigenvalue weighted by Gasteiger charge is -2.14. The van der Waals surface area contributed by atoms with Gasteiger partial charge in [-0.05, 0) is 56.2 Å². The Morgan fingerprint density at radius 2 is 1.44 bits per heavy atom. The fourth-order valence-corrected chi connectivity index (χ4v) is 4.41. The number of anilines is 2. The van der Waals surface area contributed by atoms with Crippen molar-refractivity contribution in [2.24, 2.45) is 5.10 Å². The number of nitro groups is 2. The number of nitrogens with zero attached hydrogens (tertiary/aromatic N) is 3. The summed E-state index contributed by atoms with van der Waals surface area (Å²) in [5, 5.41) is 26.2. The SMILES string of the molecule is CC(=NNc1ccc([N+](=O)[O-])cc1S(=O)(=O)Nc1ccc(C)cc1C)c1ccc([N+](=O)[O-])cc1. The lowest BCUT2D eigenvalue weighted by molar-refractivity contribution is -0.385. The molecule has 2 N–H and O–H groups in total. The Hall–Kier alpha value is -4.32. The molecule has 12 heteroatoms. The third-order valence-corrected chi connectivity index (χ3v) is 6.34. The second kappa shape index (κ2) is 9.67. The topological polar surface area (TPSA) is 157 Å². The molecule has 0 aliphatic carbocycles. The number of benzene rings is 3. The molecule has 3 aromatic rings. The van der Waals surface area contributed by atoms with Gasteiger partial charge in [-0.3, -0.25) is 30.4 Å². The number of sulfonamides is 1. The van der Waals surface area contributed by atoms with E-state index in [0.717, 1.165) is 17.7 Å². The van der Waals surface area contributed by atoms with Gasteiger partial charge in [0.15, 0.2) is 0 Å². The Morgan fingerprint density at radius 3 is 2.03 bits per heavy atom. The normalized spacial score (nSPS) is 11.7. The third-order valence-electron chi connectivity index (χ3n) is 4.93. The third kappa shape index (κ3) is 5.53. The second-order valence-corrected chi connectivity index (χ2v) is 9.13. The molecule has 0 saturated heterocycles. The van der Waals surface area contributed by atoms with Gasteiger partial charge in [0.05, 0.1) is 26.9 Å². The molecular formula is C22H21N5O6S. The van der Waals surface area contributed by atoms with Gasteiger partial charge < -0.3 is 0 Å². The van der Waals surface area contributed by atoms with E-state index in [4.69, 9.17) is 0 Å². The van der Waals surface area contributed by atoms with Crippen LogP contribution in [0, 0.1) is 34.1 Å². The van der Waals surface area contributed by atoms with Gasteiger partial charge in [-0.15, -0.1) is 0 Å². The van der Waals surface area contributed by atoms with Crippen LogP contribution in [-0.4, -0.2) is 24.0 Å². The van der Waals surface area contributed by atoms with E-state index in [9.17, 15) is 28.6 Å². The van der Waals surface area contributed by atoms with Crippen molar-refractivity contribution in [2.45, 2.75) is 25.7 Å². The van der Waals surface area contributed by atoms with Crippen molar-refractivity contribution in [3.8, 4) is 0 Å². The molecule has 3 aromatic carbocycles. The number of aryl methyl sites for hydroxylation is 2. The molecule has 0 atom stereocenters. The summed E-state index contributed by atoms with van der Waals surface area (Å²) < 4.78 is 28.8. The van der Waals surface area contributed by atoms with Crippen LogP contribution in [0.25, 0.3) is 0 Å². The van der Waals surface area contributed by atoms with Crippen molar-refractivity contribution < 1.29 is 18.3 Å². The van der Waals surface area contributed by atoms with E-state index in [-0.39, 0.29) is 16.3 Å². The fourth-order valence-electron chi connectivity index (χ4n) is 3.10. The Morgan fingerprint density at radius 1 is 0.853 bits per heavy atom. The molecule has 34 heavy (non-hydrogen) atoms. The molecule has 0 bridgehead atoms. The van der Waals surface area contributed by atoms with Gasteiger partial charge in [-0.25, -0.2) is 8.42 Å². The van der Waals surface area contributed by atoms with Crippen molar-refractivity contribution in [2.75, 3.05) is 10.1 Å². The Balaban J connectivity index is 1.97. The zero-order chi connectivity index (χ0) is 25.0. The van der Waals surface area contributed by atoms with Crippen LogP contribution in [0.2, 0.25) is 0 Å². The van der Waals surface area contributed by atoms with E-state index in [1.807, 2.05) is 13.0 Å². The van der Waals surface area contributed by atoms with E-state index in [2.05, 4.69) is 15.2 Å². The predicted molar refractivity (Wildman–Crippen MR) is 129 cm³/mol. The number of hydrazone groups is 1. The van der Waals surface area contributed by atoms with Crippen LogP contribution in [0.15, 0.2) is 70.7 Å². The standard InChI is InChI=1S/C22H21N5O6S/c1-14-4-10-20(15(2)12-14)25-34(32,33)22-13-19(27(30)31)9-11-21(22)24-23-16(3)17-5-7-18(8-6-17)26(28)29/h4-13,24-25H,1-3H3. The summed E-state index contributed by atoms with van der Waals surface area (Å²) in [6, 6.07) is 14.2. The van der Waals surface area contributed by atoms with Gasteiger partial charge >= 0.3 is 0 Å². The van der Waals surface area contributed by atoms with Crippen LogP contribution in [0.3, 0.4) is 0 Å². The van der Waals surface area contributed by atoms with Gasteiger partial charge in [0.2, 0.25) is 0 Å². The van der Waals surface area contributed by atoms with Crippen LogP contribution in [0.4, 0.5) is 22.7 Å². The van der Waals surface area contributed by atoms with Gasteiger partial charge in [-0.2, -0.15) is 5.10 Å². The van der Waals surface area contributed by atoms with Gasteiger partial charge in [0.1, 0.15) is 4.90 Å². The van der Waals surface area contributed by atoms with E-state index < -0.39 is 25.6 Å². The highest BCUT2D eigenvalue weighted by Gasteiger charge is 2.23. The number of hydrogen-bond donors (Lipinski definition) is 2. The van der Waals surface area contributed by atoms with Gasteiger partial charge in [0.25, 0.3) is 21.4 Å². The fraction of sp³-hybridized carbons (Fsp3) is 0.136. The first-order chi connectivity index (χ1) is 16.0. The molecule has 0 amide bonds. The molecule has 0 spiro atoms. The zero-order valence-corrected chi connectivity index (χ0v) is 19.3. The van der Waals surface area contributed by atoms with E-state index in [1.54, 1.807) is 26.0 Å². The lowest BCUT2D eigenvalue weighted by Crippen LogP contribution is -2.16. The van der Waals surface area contributed by atoms with Crippen LogP contribution in [-0.2, 0) is 10.0 Å². The van der Waals surface area contributed by atoms with Gasteiger partial charge in [-0.1, -0.05) is 17.7 Å². The summed E-state index contributed by atoms with van der Waals surface area (Å²) >= 11 is 0. The van der Waals surface area contributed by atoms with Crippen LogP contribution < -0.4 is 10.1 Å². The monoisotopic (exact) mass is 483 g/mol. The maximum atomic E-state index is 13.2. The summed E-state index contributed by atoms with van der Waals surface area (Å²) in [5.74, 6) is 0. The Labute approximate surface area is 195 Å². The summed E-state index contributed by atoms with van der Waals surface area (Å²) in [5.41, 5.74) is 5.15. The maximum Gasteiger partial charge on any atom is 0.270 e. The molecule has 0 heterocycles. The molecule has 0 aliphatic rings. The molecular weight excluding hydrogens is 462 g/mol. The first-order valence-electron chi connectivity index (χ1n) is 9.91. The molecule has 11 nitrogen and oxygen atoms in total. The molecule has 0 fully saturated rings.